The Morgan fingerprint density at radius 1 is 1.14 bits per heavy atom. The number of fused-ring (bicyclic) bond motifs is 3. The average Bonchev–Trinajstić information content (AvgIpc) is 3.09. The molecule has 0 amide bonds. The number of hydrogen-bond acceptors (Lipinski definition) is 4. The molecule has 0 fully saturated rings. The quantitative estimate of drug-likeness (QED) is 0.571. The summed E-state index contributed by atoms with van der Waals surface area (Å²) in [7, 11) is 0. The number of rotatable bonds is 4. The highest BCUT2D eigenvalue weighted by Gasteiger charge is 2.21. The predicted molar refractivity (Wildman–Crippen MR) is 113 cm³/mol. The summed E-state index contributed by atoms with van der Waals surface area (Å²) in [6.07, 6.45) is 2.63. The minimum atomic E-state index is -0.137. The third kappa shape index (κ3) is 3.45. The normalized spacial score (nSPS) is 16.0. The molecule has 1 N–H and O–H groups in total. The van der Waals surface area contributed by atoms with Crippen molar-refractivity contribution in [2.75, 3.05) is 0 Å². The van der Waals surface area contributed by atoms with Crippen LogP contribution in [-0.4, -0.2) is 10.6 Å². The minimum absolute atomic E-state index is 0.137. The maximum atomic E-state index is 12.7. The molecule has 5 heteroatoms. The number of nitrogens with one attached hydrogen (secondary N) is 1. The summed E-state index contributed by atoms with van der Waals surface area (Å²) < 4.78 is 13.5. The first-order valence-corrected chi connectivity index (χ1v) is 9.85. The molecule has 1 aliphatic heterocycles. The Balaban J connectivity index is 1.41. The molecule has 0 saturated carbocycles. The lowest BCUT2D eigenvalue weighted by Gasteiger charge is -2.18. The Morgan fingerprint density at radius 3 is 2.83 bits per heavy atom. The summed E-state index contributed by atoms with van der Waals surface area (Å²) in [4.78, 5) is 12.7. The summed E-state index contributed by atoms with van der Waals surface area (Å²) in [5.41, 5.74) is 3.75. The van der Waals surface area contributed by atoms with Gasteiger partial charge in [0.15, 0.2) is 0 Å². The van der Waals surface area contributed by atoms with Gasteiger partial charge in [-0.25, -0.2) is 0 Å². The standard InChI is InChI=1S/C24H22N2O3/c1-16-11-22-21(14-25-16)20-8-7-18(12-23(20)29-22)26-10-9-19(13-24(26)27)28-15-17-5-3-2-4-6-17/h2-10,12-13,16,25H,11,14-15H2,1H3/t16-/m0/s1. The number of hydrogen-bond donors (Lipinski definition) is 1. The number of pyridine rings is 1. The van der Waals surface area contributed by atoms with Gasteiger partial charge < -0.3 is 14.5 Å². The number of benzene rings is 2. The molecule has 1 atom stereocenters. The molecule has 0 radical (unpaired) electrons. The SMILES string of the molecule is C[C@H]1Cc2oc3cc(-n4ccc(OCc5ccccc5)cc4=O)ccc3c2CN1. The van der Waals surface area contributed by atoms with E-state index in [0.717, 1.165) is 40.9 Å². The van der Waals surface area contributed by atoms with E-state index in [1.54, 1.807) is 10.8 Å². The van der Waals surface area contributed by atoms with Gasteiger partial charge >= 0.3 is 0 Å². The van der Waals surface area contributed by atoms with Crippen LogP contribution in [0.4, 0.5) is 0 Å². The van der Waals surface area contributed by atoms with Crippen LogP contribution in [0.25, 0.3) is 16.7 Å². The van der Waals surface area contributed by atoms with E-state index in [-0.39, 0.29) is 5.56 Å². The Labute approximate surface area is 168 Å². The Kier molecular flexibility index (Phi) is 4.45. The molecule has 0 aliphatic carbocycles. The summed E-state index contributed by atoms with van der Waals surface area (Å²) in [5.74, 6) is 1.60. The van der Waals surface area contributed by atoms with Gasteiger partial charge in [0.2, 0.25) is 0 Å². The monoisotopic (exact) mass is 386 g/mol. The zero-order chi connectivity index (χ0) is 19.8. The Hall–Kier alpha value is -3.31. The van der Waals surface area contributed by atoms with Gasteiger partial charge in [0, 0.05) is 48.3 Å². The second-order valence-electron chi connectivity index (χ2n) is 7.52. The smallest absolute Gasteiger partial charge is 0.258 e. The molecule has 0 spiro atoms. The molecule has 5 nitrogen and oxygen atoms in total. The fraction of sp³-hybridized carbons (Fsp3) is 0.208. The van der Waals surface area contributed by atoms with Crippen molar-refractivity contribution in [3.63, 3.8) is 0 Å². The Bertz CT molecular complexity index is 1220. The van der Waals surface area contributed by atoms with Crippen LogP contribution in [-0.2, 0) is 19.6 Å². The second kappa shape index (κ2) is 7.26. The fourth-order valence-corrected chi connectivity index (χ4v) is 3.83. The lowest BCUT2D eigenvalue weighted by Crippen LogP contribution is -2.32. The summed E-state index contributed by atoms with van der Waals surface area (Å²) in [6, 6.07) is 19.6. The lowest BCUT2D eigenvalue weighted by molar-refractivity contribution is 0.305. The van der Waals surface area contributed by atoms with Crippen molar-refractivity contribution in [2.45, 2.75) is 32.5 Å². The van der Waals surface area contributed by atoms with E-state index in [2.05, 4.69) is 12.2 Å². The van der Waals surface area contributed by atoms with Crippen LogP contribution in [0.15, 0.2) is 76.1 Å². The van der Waals surface area contributed by atoms with Gasteiger partial charge in [-0.1, -0.05) is 30.3 Å². The summed E-state index contributed by atoms with van der Waals surface area (Å²) in [5, 5.41) is 4.58. The van der Waals surface area contributed by atoms with Crippen molar-refractivity contribution in [1.82, 2.24) is 9.88 Å². The van der Waals surface area contributed by atoms with Gasteiger partial charge in [0.1, 0.15) is 23.7 Å². The number of ether oxygens (including phenoxy) is 1. The highest BCUT2D eigenvalue weighted by Crippen LogP contribution is 2.30. The topological polar surface area (TPSA) is 56.4 Å². The molecule has 0 saturated heterocycles. The molecule has 29 heavy (non-hydrogen) atoms. The van der Waals surface area contributed by atoms with Crippen LogP contribution in [0.5, 0.6) is 5.75 Å². The van der Waals surface area contributed by atoms with Crippen molar-refractivity contribution in [3.05, 3.63) is 94.1 Å². The van der Waals surface area contributed by atoms with Gasteiger partial charge in [-0.2, -0.15) is 0 Å². The van der Waals surface area contributed by atoms with E-state index in [4.69, 9.17) is 9.15 Å². The molecule has 2 aromatic carbocycles. The summed E-state index contributed by atoms with van der Waals surface area (Å²) >= 11 is 0. The molecular weight excluding hydrogens is 364 g/mol. The van der Waals surface area contributed by atoms with Crippen LogP contribution in [0, 0.1) is 0 Å². The average molecular weight is 386 g/mol. The first-order chi connectivity index (χ1) is 14.2. The van der Waals surface area contributed by atoms with E-state index >= 15 is 0 Å². The fourth-order valence-electron chi connectivity index (χ4n) is 3.83. The van der Waals surface area contributed by atoms with Crippen LogP contribution in [0.3, 0.4) is 0 Å². The highest BCUT2D eigenvalue weighted by atomic mass is 16.5. The van der Waals surface area contributed by atoms with Gasteiger partial charge in [0.05, 0.1) is 5.69 Å². The molecule has 1 aliphatic rings. The predicted octanol–water partition coefficient (Wildman–Crippen LogP) is 4.20. The maximum absolute atomic E-state index is 12.7. The van der Waals surface area contributed by atoms with E-state index in [1.165, 1.54) is 11.6 Å². The van der Waals surface area contributed by atoms with Crippen LogP contribution in [0.1, 0.15) is 23.8 Å². The molecule has 3 heterocycles. The van der Waals surface area contributed by atoms with Crippen LogP contribution < -0.4 is 15.6 Å². The number of nitrogens with zero attached hydrogens (tertiary/aromatic N) is 1. The van der Waals surface area contributed by atoms with E-state index in [1.807, 2.05) is 54.6 Å². The van der Waals surface area contributed by atoms with Crippen LogP contribution in [0.2, 0.25) is 0 Å². The van der Waals surface area contributed by atoms with Crippen molar-refractivity contribution in [3.8, 4) is 11.4 Å². The van der Waals surface area contributed by atoms with Crippen molar-refractivity contribution in [1.29, 1.82) is 0 Å². The first kappa shape index (κ1) is 17.8. The molecule has 2 aromatic heterocycles. The highest BCUT2D eigenvalue weighted by molar-refractivity contribution is 5.84. The molecule has 0 unspecified atom stereocenters. The van der Waals surface area contributed by atoms with Gasteiger partial charge in [-0.15, -0.1) is 0 Å². The van der Waals surface area contributed by atoms with E-state index in [9.17, 15) is 4.79 Å². The zero-order valence-corrected chi connectivity index (χ0v) is 16.2. The van der Waals surface area contributed by atoms with Gasteiger partial charge in [-0.05, 0) is 30.7 Å². The van der Waals surface area contributed by atoms with Gasteiger partial charge in [-0.3, -0.25) is 9.36 Å². The van der Waals surface area contributed by atoms with Crippen molar-refractivity contribution < 1.29 is 9.15 Å². The Morgan fingerprint density at radius 2 is 2.00 bits per heavy atom. The van der Waals surface area contributed by atoms with Crippen LogP contribution >= 0.6 is 0 Å². The van der Waals surface area contributed by atoms with Gasteiger partial charge in [0.25, 0.3) is 5.56 Å². The molecule has 0 bridgehead atoms. The maximum Gasteiger partial charge on any atom is 0.258 e. The molecular formula is C24H22N2O3. The number of aromatic nitrogens is 1. The minimum Gasteiger partial charge on any atom is -0.489 e. The van der Waals surface area contributed by atoms with Crippen molar-refractivity contribution in [2.24, 2.45) is 0 Å². The van der Waals surface area contributed by atoms with Crippen molar-refractivity contribution >= 4 is 11.0 Å². The third-order valence-electron chi connectivity index (χ3n) is 5.40. The summed E-state index contributed by atoms with van der Waals surface area (Å²) in [6.45, 7) is 3.40. The number of furan rings is 1. The first-order valence-electron chi connectivity index (χ1n) is 9.85. The molecule has 5 rings (SSSR count). The molecule has 146 valence electrons. The lowest BCUT2D eigenvalue weighted by atomic mass is 10.0. The molecule has 4 aromatic rings. The largest absolute Gasteiger partial charge is 0.489 e. The van der Waals surface area contributed by atoms with E-state index < -0.39 is 0 Å². The zero-order valence-electron chi connectivity index (χ0n) is 16.2. The third-order valence-corrected chi connectivity index (χ3v) is 5.40. The van der Waals surface area contributed by atoms with E-state index in [0.29, 0.717) is 18.4 Å². The second-order valence-corrected chi connectivity index (χ2v) is 7.52.